The number of benzene rings is 13. The van der Waals surface area contributed by atoms with E-state index in [9.17, 15) is 0 Å². The number of para-hydroxylation sites is 2. The van der Waals surface area contributed by atoms with Crippen molar-refractivity contribution in [1.29, 1.82) is 0 Å². The monoisotopic (exact) mass is 1100 g/mol. The standard InChI is InChI=1S/C84H60N2/c1-3-19-63-57(15-1)17-13-25-77(63)85-79-23-7-5-21-67(79)71-47-59(37-41-81(71)85)53-27-31-55(32-28-53)61-35-39-65-69-51-76-70(52-75(69)83(73(65)49-61)43-9-10-44-83)66-40-36-62(50-74(66)84(76)45-11-12-46-84)56-33-29-54(30-34-56)60-38-42-82-72(48-60)68-22-6-8-24-80(68)86(82)78-26-14-18-58-16-2-4-20-64(58)78/h1-8,13-42,47-52H,9-12,43-46H2. The van der Waals surface area contributed by atoms with Gasteiger partial charge in [-0.1, -0.05) is 220 Å². The summed E-state index contributed by atoms with van der Waals surface area (Å²) in [7, 11) is 0. The van der Waals surface area contributed by atoms with Crippen molar-refractivity contribution in [3.8, 4) is 78.1 Å². The zero-order valence-corrected chi connectivity index (χ0v) is 48.0. The van der Waals surface area contributed by atoms with Gasteiger partial charge in [-0.25, -0.2) is 0 Å². The van der Waals surface area contributed by atoms with Crippen molar-refractivity contribution in [3.63, 3.8) is 0 Å². The molecule has 4 aliphatic rings. The topological polar surface area (TPSA) is 9.86 Å². The van der Waals surface area contributed by atoms with Gasteiger partial charge >= 0.3 is 0 Å². The van der Waals surface area contributed by atoms with Crippen LogP contribution in [0.15, 0.2) is 267 Å². The Bertz CT molecular complexity index is 5000. The van der Waals surface area contributed by atoms with Crippen molar-refractivity contribution < 1.29 is 0 Å². The maximum absolute atomic E-state index is 2.71. The molecule has 13 aromatic carbocycles. The molecule has 4 aliphatic carbocycles. The summed E-state index contributed by atoms with van der Waals surface area (Å²) in [6.07, 6.45) is 9.93. The molecule has 86 heavy (non-hydrogen) atoms. The minimum Gasteiger partial charge on any atom is -0.309 e. The molecule has 0 bridgehead atoms. The van der Waals surface area contributed by atoms with E-state index in [0.717, 1.165) is 0 Å². The Hall–Kier alpha value is -10.0. The van der Waals surface area contributed by atoms with Gasteiger partial charge in [0, 0.05) is 43.1 Å². The van der Waals surface area contributed by atoms with Crippen LogP contribution in [0.2, 0.25) is 0 Å². The average molecular weight is 1100 g/mol. The number of hydrogen-bond acceptors (Lipinski definition) is 0. The normalized spacial score (nSPS) is 15.3. The van der Waals surface area contributed by atoms with Crippen LogP contribution in [-0.4, -0.2) is 9.13 Å². The van der Waals surface area contributed by atoms with E-state index in [0.29, 0.717) is 0 Å². The second-order valence-electron chi connectivity index (χ2n) is 25.4. The van der Waals surface area contributed by atoms with Crippen LogP contribution >= 0.6 is 0 Å². The first-order valence-corrected chi connectivity index (χ1v) is 31.3. The Balaban J connectivity index is 0.637. The van der Waals surface area contributed by atoms with E-state index in [2.05, 4.69) is 276 Å². The number of hydrogen-bond donors (Lipinski definition) is 0. The second-order valence-corrected chi connectivity index (χ2v) is 25.4. The van der Waals surface area contributed by atoms with Gasteiger partial charge in [0.2, 0.25) is 0 Å². The fraction of sp³-hybridized carbons (Fsp3) is 0.119. The summed E-state index contributed by atoms with van der Waals surface area (Å²) in [5.74, 6) is 0. The van der Waals surface area contributed by atoms with Crippen LogP contribution in [0.4, 0.5) is 0 Å². The van der Waals surface area contributed by atoms with Crippen molar-refractivity contribution in [1.82, 2.24) is 9.13 Å². The zero-order chi connectivity index (χ0) is 56.2. The largest absolute Gasteiger partial charge is 0.309 e. The second kappa shape index (κ2) is 18.2. The first-order valence-electron chi connectivity index (χ1n) is 31.3. The Labute approximate surface area is 500 Å². The molecule has 2 nitrogen and oxygen atoms in total. The Morgan fingerprint density at radius 1 is 0.221 bits per heavy atom. The van der Waals surface area contributed by atoms with Gasteiger partial charge in [0.25, 0.3) is 0 Å². The van der Waals surface area contributed by atoms with E-state index < -0.39 is 0 Å². The van der Waals surface area contributed by atoms with Gasteiger partial charge in [0.1, 0.15) is 0 Å². The average Bonchev–Trinajstić information content (AvgIpc) is 1.60. The van der Waals surface area contributed by atoms with Crippen LogP contribution < -0.4 is 0 Å². The molecular weight excluding hydrogens is 1040 g/mol. The Kier molecular flexibility index (Phi) is 10.3. The highest BCUT2D eigenvalue weighted by Gasteiger charge is 2.50. The summed E-state index contributed by atoms with van der Waals surface area (Å²) in [5, 5.41) is 10.1. The molecule has 2 spiro atoms. The number of rotatable bonds is 6. The van der Waals surface area contributed by atoms with E-state index in [-0.39, 0.29) is 10.8 Å². The fourth-order valence-corrected chi connectivity index (χ4v) is 17.2. The summed E-state index contributed by atoms with van der Waals surface area (Å²) < 4.78 is 4.90. The van der Waals surface area contributed by atoms with Crippen LogP contribution in [0.1, 0.15) is 73.6 Å². The lowest BCUT2D eigenvalue weighted by molar-refractivity contribution is 0.544. The molecule has 0 amide bonds. The summed E-state index contributed by atoms with van der Waals surface area (Å²) in [6, 6.07) is 102. The summed E-state index contributed by atoms with van der Waals surface area (Å²) in [5.41, 5.74) is 29.7. The lowest BCUT2D eigenvalue weighted by atomic mass is 9.74. The lowest BCUT2D eigenvalue weighted by Gasteiger charge is -2.29. The summed E-state index contributed by atoms with van der Waals surface area (Å²) in [4.78, 5) is 0. The molecule has 2 aromatic heterocycles. The third-order valence-corrected chi connectivity index (χ3v) is 21.2. The van der Waals surface area contributed by atoms with E-state index >= 15 is 0 Å². The van der Waals surface area contributed by atoms with Gasteiger partial charge in [-0.2, -0.15) is 0 Å². The van der Waals surface area contributed by atoms with E-state index in [1.54, 1.807) is 22.3 Å². The molecule has 406 valence electrons. The zero-order valence-electron chi connectivity index (χ0n) is 48.0. The van der Waals surface area contributed by atoms with Gasteiger partial charge in [-0.05, 0) is 198 Å². The molecule has 0 N–H and O–H groups in total. The molecule has 0 aliphatic heterocycles. The van der Waals surface area contributed by atoms with Crippen molar-refractivity contribution in [2.45, 2.75) is 62.2 Å². The quantitative estimate of drug-likeness (QED) is 0.157. The predicted molar refractivity (Wildman–Crippen MR) is 361 cm³/mol. The first kappa shape index (κ1) is 48.4. The van der Waals surface area contributed by atoms with Crippen molar-refractivity contribution in [2.24, 2.45) is 0 Å². The van der Waals surface area contributed by atoms with E-state index in [1.807, 2.05) is 0 Å². The molecule has 0 radical (unpaired) electrons. The van der Waals surface area contributed by atoms with Gasteiger partial charge < -0.3 is 9.13 Å². The lowest BCUT2D eigenvalue weighted by Crippen LogP contribution is -2.22. The molecule has 0 saturated heterocycles. The SMILES string of the molecule is c1ccc2c(-n3c4ccccc4c4cc(-c5ccc(-c6ccc7c(c6)C6(CCCC6)c6cc8c(cc6-7)C6(CCCC6)c6cc(-c7ccc(-c9ccc%10c(c9)c9ccccc9n%10-c9cccc%10ccccc9%10)cc7)ccc6-8)cc5)ccc43)cccc2c1. The molecule has 15 aromatic rings. The van der Waals surface area contributed by atoms with Gasteiger partial charge in [-0.15, -0.1) is 0 Å². The minimum absolute atomic E-state index is 0.0436. The number of aromatic nitrogens is 2. The Morgan fingerprint density at radius 3 is 0.953 bits per heavy atom. The summed E-state index contributed by atoms with van der Waals surface area (Å²) >= 11 is 0. The van der Waals surface area contributed by atoms with Crippen molar-refractivity contribution in [2.75, 3.05) is 0 Å². The molecule has 2 fully saturated rings. The molecule has 2 saturated carbocycles. The van der Waals surface area contributed by atoms with E-state index in [1.165, 1.54) is 195 Å². The van der Waals surface area contributed by atoms with Crippen LogP contribution in [0.25, 0.3) is 143 Å². The van der Waals surface area contributed by atoms with Crippen molar-refractivity contribution >= 4 is 65.2 Å². The van der Waals surface area contributed by atoms with Gasteiger partial charge in [0.05, 0.1) is 33.4 Å². The fourth-order valence-electron chi connectivity index (χ4n) is 17.2. The molecular formula is C84H60N2. The van der Waals surface area contributed by atoms with Crippen LogP contribution in [0.3, 0.4) is 0 Å². The highest BCUT2D eigenvalue weighted by Crippen LogP contribution is 2.63. The van der Waals surface area contributed by atoms with Crippen LogP contribution in [-0.2, 0) is 10.8 Å². The molecule has 2 heteroatoms. The third kappa shape index (κ3) is 6.84. The van der Waals surface area contributed by atoms with Gasteiger partial charge in [-0.3, -0.25) is 0 Å². The van der Waals surface area contributed by atoms with E-state index in [4.69, 9.17) is 0 Å². The highest BCUT2D eigenvalue weighted by molar-refractivity contribution is 6.13. The molecule has 0 atom stereocenters. The third-order valence-electron chi connectivity index (χ3n) is 21.2. The first-order chi connectivity index (χ1) is 42.6. The predicted octanol–water partition coefficient (Wildman–Crippen LogP) is 22.5. The molecule has 0 unspecified atom stereocenters. The smallest absolute Gasteiger partial charge is 0.0541 e. The van der Waals surface area contributed by atoms with Crippen molar-refractivity contribution in [3.05, 3.63) is 289 Å². The summed E-state index contributed by atoms with van der Waals surface area (Å²) in [6.45, 7) is 0. The maximum atomic E-state index is 2.71. The molecule has 19 rings (SSSR count). The van der Waals surface area contributed by atoms with Crippen LogP contribution in [0, 0.1) is 0 Å². The maximum Gasteiger partial charge on any atom is 0.0541 e. The highest BCUT2D eigenvalue weighted by atomic mass is 15.0. The Morgan fingerprint density at radius 2 is 0.535 bits per heavy atom. The number of nitrogens with zero attached hydrogens (tertiary/aromatic N) is 2. The number of fused-ring (bicyclic) bond motifs is 18. The minimum atomic E-state index is 0.0436. The molecule has 2 heterocycles. The van der Waals surface area contributed by atoms with Gasteiger partial charge in [0.15, 0.2) is 0 Å². The van der Waals surface area contributed by atoms with Crippen LogP contribution in [0.5, 0.6) is 0 Å².